The summed E-state index contributed by atoms with van der Waals surface area (Å²) in [7, 11) is 0. The lowest BCUT2D eigenvalue weighted by molar-refractivity contribution is -0.126. The number of halogens is 1. The van der Waals surface area contributed by atoms with Gasteiger partial charge in [-0.05, 0) is 42.4 Å². The molecular formula is C19H31ClN2O2. The van der Waals surface area contributed by atoms with Gasteiger partial charge in [-0.1, -0.05) is 39.3 Å². The summed E-state index contributed by atoms with van der Waals surface area (Å²) >= 11 is 0. The molecule has 1 fully saturated rings. The van der Waals surface area contributed by atoms with Crippen molar-refractivity contribution >= 4 is 18.3 Å². The van der Waals surface area contributed by atoms with Crippen LogP contribution in [0.15, 0.2) is 24.3 Å². The van der Waals surface area contributed by atoms with Crippen LogP contribution < -0.4 is 15.8 Å². The van der Waals surface area contributed by atoms with Crippen molar-refractivity contribution in [2.75, 3.05) is 13.2 Å². The Bertz CT molecular complexity index is 528. The van der Waals surface area contributed by atoms with Gasteiger partial charge >= 0.3 is 0 Å². The highest BCUT2D eigenvalue weighted by atomic mass is 35.5. The van der Waals surface area contributed by atoms with E-state index in [-0.39, 0.29) is 35.7 Å². The molecule has 24 heavy (non-hydrogen) atoms. The Balaban J connectivity index is 0.00000288. The number of carbonyl (C=O) groups excluding carboxylic acids is 1. The third-order valence-corrected chi connectivity index (χ3v) is 4.46. The predicted octanol–water partition coefficient (Wildman–Crippen LogP) is 3.42. The Morgan fingerprint density at radius 3 is 2.75 bits per heavy atom. The van der Waals surface area contributed by atoms with E-state index in [9.17, 15) is 4.79 Å². The van der Waals surface area contributed by atoms with Crippen molar-refractivity contribution in [2.45, 2.75) is 57.9 Å². The fourth-order valence-electron chi connectivity index (χ4n) is 3.01. The molecule has 0 saturated heterocycles. The molecule has 1 aliphatic carbocycles. The molecule has 2 rings (SSSR count). The Morgan fingerprint density at radius 1 is 1.33 bits per heavy atom. The van der Waals surface area contributed by atoms with E-state index in [0.717, 1.165) is 31.4 Å². The molecule has 0 aromatic heterocycles. The summed E-state index contributed by atoms with van der Waals surface area (Å²) in [5.74, 6) is 1.04. The van der Waals surface area contributed by atoms with Crippen LogP contribution in [0, 0.1) is 5.92 Å². The monoisotopic (exact) mass is 354 g/mol. The van der Waals surface area contributed by atoms with Crippen LogP contribution in [-0.2, 0) is 10.2 Å². The number of nitrogens with two attached hydrogens (primary N) is 1. The maximum absolute atomic E-state index is 12.1. The fourth-order valence-corrected chi connectivity index (χ4v) is 3.01. The summed E-state index contributed by atoms with van der Waals surface area (Å²) in [6, 6.07) is 8.33. The molecule has 1 aliphatic rings. The molecule has 4 nitrogen and oxygen atoms in total. The number of nitrogens with one attached hydrogen (secondary N) is 1. The highest BCUT2D eigenvalue weighted by Crippen LogP contribution is 2.25. The van der Waals surface area contributed by atoms with E-state index < -0.39 is 0 Å². The van der Waals surface area contributed by atoms with Gasteiger partial charge in [-0.25, -0.2) is 0 Å². The molecule has 0 heterocycles. The third kappa shape index (κ3) is 6.33. The van der Waals surface area contributed by atoms with Gasteiger partial charge in [0.2, 0.25) is 5.91 Å². The lowest BCUT2D eigenvalue weighted by atomic mass is 9.85. The highest BCUT2D eigenvalue weighted by molar-refractivity contribution is 5.85. The molecule has 1 aromatic rings. The minimum Gasteiger partial charge on any atom is -0.492 e. The van der Waals surface area contributed by atoms with E-state index in [2.05, 4.69) is 38.2 Å². The molecule has 2 unspecified atom stereocenters. The summed E-state index contributed by atoms with van der Waals surface area (Å²) in [5.41, 5.74) is 7.29. The smallest absolute Gasteiger partial charge is 0.223 e. The summed E-state index contributed by atoms with van der Waals surface area (Å²) in [6.45, 7) is 7.56. The van der Waals surface area contributed by atoms with Crippen molar-refractivity contribution in [2.24, 2.45) is 11.7 Å². The van der Waals surface area contributed by atoms with Gasteiger partial charge in [0, 0.05) is 12.0 Å². The van der Waals surface area contributed by atoms with Gasteiger partial charge in [0.25, 0.3) is 0 Å². The van der Waals surface area contributed by atoms with Crippen LogP contribution in [0.4, 0.5) is 0 Å². The Labute approximate surface area is 151 Å². The summed E-state index contributed by atoms with van der Waals surface area (Å²) in [6.07, 6.45) is 3.85. The fraction of sp³-hybridized carbons (Fsp3) is 0.632. The SMILES string of the molecule is CC(C)(C)c1cccc(OCCNC(=O)C2CCCC(N)C2)c1.Cl. The lowest BCUT2D eigenvalue weighted by Gasteiger charge is -2.25. The molecule has 1 amide bonds. The molecule has 3 N–H and O–H groups in total. The van der Waals surface area contributed by atoms with E-state index in [1.807, 2.05) is 12.1 Å². The second kappa shape index (κ2) is 9.28. The third-order valence-electron chi connectivity index (χ3n) is 4.46. The van der Waals surface area contributed by atoms with Gasteiger partial charge in [-0.3, -0.25) is 4.79 Å². The summed E-state index contributed by atoms with van der Waals surface area (Å²) < 4.78 is 5.76. The Morgan fingerprint density at radius 2 is 2.08 bits per heavy atom. The highest BCUT2D eigenvalue weighted by Gasteiger charge is 2.24. The zero-order chi connectivity index (χ0) is 16.9. The van der Waals surface area contributed by atoms with Crippen molar-refractivity contribution in [3.63, 3.8) is 0 Å². The molecule has 0 aliphatic heterocycles. The average Bonchev–Trinajstić information content (AvgIpc) is 2.51. The van der Waals surface area contributed by atoms with Crippen LogP contribution in [0.3, 0.4) is 0 Å². The standard InChI is InChI=1S/C19H30N2O2.ClH/c1-19(2,3)15-7-5-9-17(13-15)23-11-10-21-18(22)14-6-4-8-16(20)12-14;/h5,7,9,13-14,16H,4,6,8,10-12,20H2,1-3H3,(H,21,22);1H. The van der Waals surface area contributed by atoms with Crippen LogP contribution in [-0.4, -0.2) is 25.1 Å². The van der Waals surface area contributed by atoms with Gasteiger partial charge in [0.15, 0.2) is 0 Å². The van der Waals surface area contributed by atoms with E-state index in [4.69, 9.17) is 10.5 Å². The second-order valence-electron chi connectivity index (χ2n) is 7.54. The van der Waals surface area contributed by atoms with E-state index >= 15 is 0 Å². The Hall–Kier alpha value is -1.26. The number of benzene rings is 1. The van der Waals surface area contributed by atoms with E-state index in [1.54, 1.807) is 0 Å². The van der Waals surface area contributed by atoms with Crippen molar-refractivity contribution < 1.29 is 9.53 Å². The predicted molar refractivity (Wildman–Crippen MR) is 101 cm³/mol. The normalized spacial score (nSPS) is 20.8. The van der Waals surface area contributed by atoms with Gasteiger partial charge < -0.3 is 15.8 Å². The minimum atomic E-state index is 0. The molecule has 0 bridgehead atoms. The van der Waals surface area contributed by atoms with Gasteiger partial charge in [0.1, 0.15) is 12.4 Å². The maximum atomic E-state index is 12.1. The molecular weight excluding hydrogens is 324 g/mol. The van der Waals surface area contributed by atoms with Crippen LogP contribution >= 0.6 is 12.4 Å². The Kier molecular flexibility index (Phi) is 8.04. The van der Waals surface area contributed by atoms with E-state index in [1.165, 1.54) is 5.56 Å². The second-order valence-corrected chi connectivity index (χ2v) is 7.54. The minimum absolute atomic E-state index is 0. The van der Waals surface area contributed by atoms with Crippen LogP contribution in [0.1, 0.15) is 52.0 Å². The number of carbonyl (C=O) groups is 1. The van der Waals surface area contributed by atoms with Crippen molar-refractivity contribution in [1.82, 2.24) is 5.32 Å². The molecule has 2 atom stereocenters. The largest absolute Gasteiger partial charge is 0.492 e. The first kappa shape index (κ1) is 20.8. The molecule has 5 heteroatoms. The molecule has 1 saturated carbocycles. The van der Waals surface area contributed by atoms with Crippen molar-refractivity contribution in [1.29, 1.82) is 0 Å². The lowest BCUT2D eigenvalue weighted by Crippen LogP contribution is -2.39. The van der Waals surface area contributed by atoms with Gasteiger partial charge in [0.05, 0.1) is 6.54 Å². The van der Waals surface area contributed by atoms with Crippen LogP contribution in [0.2, 0.25) is 0 Å². The first-order valence-corrected chi connectivity index (χ1v) is 8.63. The topological polar surface area (TPSA) is 64.3 Å². The summed E-state index contributed by atoms with van der Waals surface area (Å²) in [4.78, 5) is 12.1. The molecule has 1 aromatic carbocycles. The number of hydrogen-bond acceptors (Lipinski definition) is 3. The van der Waals surface area contributed by atoms with E-state index in [0.29, 0.717) is 13.2 Å². The number of hydrogen-bond donors (Lipinski definition) is 2. The molecule has 136 valence electrons. The van der Waals surface area contributed by atoms with Crippen LogP contribution in [0.5, 0.6) is 5.75 Å². The van der Waals surface area contributed by atoms with Gasteiger partial charge in [-0.2, -0.15) is 0 Å². The first-order valence-electron chi connectivity index (χ1n) is 8.63. The number of ether oxygens (including phenoxy) is 1. The molecule has 0 spiro atoms. The maximum Gasteiger partial charge on any atom is 0.223 e. The van der Waals surface area contributed by atoms with Crippen molar-refractivity contribution in [3.05, 3.63) is 29.8 Å². The summed E-state index contributed by atoms with van der Waals surface area (Å²) in [5, 5.41) is 2.97. The van der Waals surface area contributed by atoms with Crippen LogP contribution in [0.25, 0.3) is 0 Å². The zero-order valence-corrected chi connectivity index (χ0v) is 15.8. The number of rotatable bonds is 5. The van der Waals surface area contributed by atoms with Gasteiger partial charge in [-0.15, -0.1) is 12.4 Å². The van der Waals surface area contributed by atoms with Crippen molar-refractivity contribution in [3.8, 4) is 5.75 Å². The molecule has 0 radical (unpaired) electrons. The average molecular weight is 355 g/mol. The first-order chi connectivity index (χ1) is 10.9. The quantitative estimate of drug-likeness (QED) is 0.796. The zero-order valence-electron chi connectivity index (χ0n) is 15.0. The number of amides is 1.